The Balaban J connectivity index is 1.50. The largest absolute Gasteiger partial charge is 0.463 e. The van der Waals surface area contributed by atoms with Gasteiger partial charge in [0, 0.05) is 72.6 Å². The van der Waals surface area contributed by atoms with Crippen LogP contribution in [-0.4, -0.2) is 68.5 Å². The maximum absolute atomic E-state index is 16.4. The Morgan fingerprint density at radius 3 is 2.74 bits per heavy atom. The van der Waals surface area contributed by atoms with Gasteiger partial charge in [0.05, 0.1) is 23.7 Å². The van der Waals surface area contributed by atoms with Crippen LogP contribution in [-0.2, 0) is 9.53 Å². The van der Waals surface area contributed by atoms with Crippen molar-refractivity contribution in [3.8, 4) is 17.3 Å². The van der Waals surface area contributed by atoms with Crippen molar-refractivity contribution >= 4 is 63.9 Å². The number of nitrogens with zero attached hydrogens (tertiary/aromatic N) is 6. The molecule has 10 nitrogen and oxygen atoms in total. The third-order valence-corrected chi connectivity index (χ3v) is 8.56. The molecule has 198 valence electrons. The number of aryl methyl sites for hydroxylation is 1. The first-order chi connectivity index (χ1) is 18.5. The number of carbonyl (C=O) groups is 1. The summed E-state index contributed by atoms with van der Waals surface area (Å²) in [5.74, 6) is -0.564. The molecule has 0 saturated carbocycles. The van der Waals surface area contributed by atoms with E-state index in [1.54, 1.807) is 23.4 Å². The molecule has 2 atom stereocenters. The third kappa shape index (κ3) is 4.53. The Kier molecular flexibility index (Phi) is 6.99. The summed E-state index contributed by atoms with van der Waals surface area (Å²) in [4.78, 5) is 27.7. The second kappa shape index (κ2) is 10.4. The van der Waals surface area contributed by atoms with Crippen LogP contribution in [0.15, 0.2) is 24.5 Å². The van der Waals surface area contributed by atoms with E-state index in [0.717, 1.165) is 42.4 Å². The van der Waals surface area contributed by atoms with E-state index < -0.39 is 11.8 Å². The second-order valence-electron chi connectivity index (χ2n) is 9.43. The number of esters is 1. The van der Waals surface area contributed by atoms with Crippen molar-refractivity contribution in [2.24, 2.45) is 0 Å². The molecular weight excluding hydrogens is 624 g/mol. The van der Waals surface area contributed by atoms with Crippen LogP contribution in [0.3, 0.4) is 0 Å². The number of hydrogen-bond donors (Lipinski definition) is 1. The zero-order valence-corrected chi connectivity index (χ0v) is 23.8. The van der Waals surface area contributed by atoms with E-state index in [1.165, 1.54) is 9.12 Å². The number of pyridine rings is 1. The van der Waals surface area contributed by atoms with Crippen molar-refractivity contribution in [1.82, 2.24) is 29.5 Å². The maximum atomic E-state index is 16.4. The molecule has 6 rings (SSSR count). The van der Waals surface area contributed by atoms with Crippen molar-refractivity contribution in [1.29, 1.82) is 0 Å². The van der Waals surface area contributed by atoms with E-state index in [0.29, 0.717) is 28.9 Å². The topological polar surface area (TPSA) is 107 Å². The van der Waals surface area contributed by atoms with Gasteiger partial charge in [-0.3, -0.25) is 4.98 Å². The fourth-order valence-corrected chi connectivity index (χ4v) is 6.61. The highest BCUT2D eigenvalue weighted by Gasteiger charge is 2.34. The quantitative estimate of drug-likeness (QED) is 0.231. The smallest absolute Gasteiger partial charge is 0.344 e. The standard InChI is InChI=1S/C25H25FIN7O3S/c1-3-36-19(35)12-37-25-31-22-17(24(32-25)33-10-14-5-6-15(11-33)30-14)8-28-23(21(22)26)20-13(2)4-7-18-16(20)9-29-34(18)38-27/h4,7-9,14-15,30H,3,5-6,10-12H2,1-2H3. The minimum absolute atomic E-state index is 0.0773. The van der Waals surface area contributed by atoms with Gasteiger partial charge in [-0.1, -0.05) is 6.07 Å². The summed E-state index contributed by atoms with van der Waals surface area (Å²) in [7, 11) is 1.43. The first kappa shape index (κ1) is 25.5. The van der Waals surface area contributed by atoms with Gasteiger partial charge in [0.2, 0.25) is 0 Å². The summed E-state index contributed by atoms with van der Waals surface area (Å²) in [6.45, 7) is 4.97. The molecule has 2 aliphatic rings. The molecular formula is C25H25FIN7O3S. The number of piperazine rings is 1. The average Bonchev–Trinajstić information content (AvgIpc) is 3.49. The number of aromatic nitrogens is 5. The number of fused-ring (bicyclic) bond motifs is 4. The van der Waals surface area contributed by atoms with Crippen LogP contribution >= 0.6 is 30.3 Å². The maximum Gasteiger partial charge on any atom is 0.344 e. The van der Waals surface area contributed by atoms with E-state index in [2.05, 4.69) is 51.5 Å². The van der Waals surface area contributed by atoms with E-state index in [9.17, 15) is 4.79 Å². The number of benzene rings is 1. The van der Waals surface area contributed by atoms with Crippen LogP contribution in [0.25, 0.3) is 33.1 Å². The van der Waals surface area contributed by atoms with Crippen LogP contribution in [0, 0.1) is 12.7 Å². The Morgan fingerprint density at radius 1 is 1.21 bits per heavy atom. The molecule has 2 unspecified atom stereocenters. The van der Waals surface area contributed by atoms with Crippen LogP contribution in [0.4, 0.5) is 10.2 Å². The number of halogens is 2. The number of rotatable bonds is 7. The average molecular weight is 649 g/mol. The van der Waals surface area contributed by atoms with E-state index in [-0.39, 0.29) is 30.4 Å². The first-order valence-electron chi connectivity index (χ1n) is 12.4. The molecule has 1 aromatic carbocycles. The Hall–Kier alpha value is -2.78. The van der Waals surface area contributed by atoms with Crippen LogP contribution in [0.5, 0.6) is 6.01 Å². The molecule has 0 spiro atoms. The Morgan fingerprint density at radius 2 is 2.00 bits per heavy atom. The van der Waals surface area contributed by atoms with Crippen molar-refractivity contribution in [3.05, 3.63) is 35.9 Å². The highest BCUT2D eigenvalue weighted by atomic mass is 127. The summed E-state index contributed by atoms with van der Waals surface area (Å²) in [5.41, 5.74) is 2.67. The van der Waals surface area contributed by atoms with E-state index in [4.69, 9.17) is 9.47 Å². The molecule has 2 saturated heterocycles. The van der Waals surface area contributed by atoms with Gasteiger partial charge in [-0.05, 0) is 38.3 Å². The molecule has 1 N–H and O–H groups in total. The Bertz CT molecular complexity index is 1540. The summed E-state index contributed by atoms with van der Waals surface area (Å²) >= 11 is 2.16. The molecule has 4 aromatic rings. The number of nitrogens with one attached hydrogen (secondary N) is 1. The van der Waals surface area contributed by atoms with Crippen LogP contribution < -0.4 is 15.0 Å². The zero-order valence-electron chi connectivity index (χ0n) is 20.8. The van der Waals surface area contributed by atoms with Crippen LogP contribution in [0.2, 0.25) is 0 Å². The minimum atomic E-state index is -0.573. The van der Waals surface area contributed by atoms with Crippen molar-refractivity contribution in [2.45, 2.75) is 38.8 Å². The molecule has 2 bridgehead atoms. The summed E-state index contributed by atoms with van der Waals surface area (Å²) in [6.07, 6.45) is 5.53. The van der Waals surface area contributed by atoms with Gasteiger partial charge in [0.15, 0.2) is 12.4 Å². The summed E-state index contributed by atoms with van der Waals surface area (Å²) in [6, 6.07) is 4.50. The van der Waals surface area contributed by atoms with Gasteiger partial charge in [-0.25, -0.2) is 9.18 Å². The Labute approximate surface area is 234 Å². The molecule has 5 heterocycles. The molecule has 13 heteroatoms. The lowest BCUT2D eigenvalue weighted by Gasteiger charge is -2.34. The van der Waals surface area contributed by atoms with Crippen molar-refractivity contribution in [3.63, 3.8) is 0 Å². The SMILES string of the molecule is CCOC(=O)COc1nc(N2CC3CCC(C2)N3)c2cnc(-c3c(C)ccc4c3cnn4SI)c(F)c2n1. The molecule has 2 aliphatic heterocycles. The van der Waals surface area contributed by atoms with Crippen molar-refractivity contribution < 1.29 is 18.7 Å². The zero-order chi connectivity index (χ0) is 26.4. The lowest BCUT2D eigenvalue weighted by atomic mass is 10.00. The lowest BCUT2D eigenvalue weighted by Crippen LogP contribution is -2.51. The van der Waals surface area contributed by atoms with Gasteiger partial charge >= 0.3 is 12.0 Å². The summed E-state index contributed by atoms with van der Waals surface area (Å²) in [5, 5.41) is 9.32. The van der Waals surface area contributed by atoms with Gasteiger partial charge in [0.1, 0.15) is 17.0 Å². The van der Waals surface area contributed by atoms with Gasteiger partial charge in [0.25, 0.3) is 0 Å². The predicted molar refractivity (Wildman–Crippen MR) is 152 cm³/mol. The summed E-state index contributed by atoms with van der Waals surface area (Å²) < 4.78 is 28.7. The second-order valence-corrected chi connectivity index (χ2v) is 11.1. The molecule has 0 amide bonds. The molecule has 2 fully saturated rings. The monoisotopic (exact) mass is 649 g/mol. The van der Waals surface area contributed by atoms with Crippen molar-refractivity contribution in [2.75, 3.05) is 31.2 Å². The van der Waals surface area contributed by atoms with Crippen LogP contribution in [0.1, 0.15) is 25.3 Å². The predicted octanol–water partition coefficient (Wildman–Crippen LogP) is 4.22. The highest BCUT2D eigenvalue weighted by Crippen LogP contribution is 2.38. The molecule has 0 radical (unpaired) electrons. The highest BCUT2D eigenvalue weighted by molar-refractivity contribution is 14.2. The molecule has 38 heavy (non-hydrogen) atoms. The number of ether oxygens (including phenoxy) is 2. The number of hydrogen-bond acceptors (Lipinski definition) is 10. The number of carbonyl (C=O) groups excluding carboxylic acids is 1. The van der Waals surface area contributed by atoms with Gasteiger partial charge in [-0.15, -0.1) is 0 Å². The first-order valence-corrected chi connectivity index (χ1v) is 15.7. The third-order valence-electron chi connectivity index (χ3n) is 7.01. The van der Waals surface area contributed by atoms with E-state index >= 15 is 4.39 Å². The number of anilines is 1. The minimum Gasteiger partial charge on any atom is -0.463 e. The fourth-order valence-electron chi connectivity index (χ4n) is 5.35. The van der Waals surface area contributed by atoms with Gasteiger partial charge in [-0.2, -0.15) is 19.2 Å². The fraction of sp³-hybridized carbons (Fsp3) is 0.400. The molecule has 0 aliphatic carbocycles. The lowest BCUT2D eigenvalue weighted by molar-refractivity contribution is -0.145. The van der Waals surface area contributed by atoms with Gasteiger partial charge < -0.3 is 19.7 Å². The molecule has 3 aromatic heterocycles. The normalized spacial score (nSPS) is 18.9. The van der Waals surface area contributed by atoms with E-state index in [1.807, 2.05) is 19.1 Å².